The average molecular weight is 473 g/mol. The number of nitrogen functional groups attached to an aromatic ring is 1. The van der Waals surface area contributed by atoms with Crippen LogP contribution in [-0.4, -0.2) is 29.8 Å². The van der Waals surface area contributed by atoms with Gasteiger partial charge in [-0.2, -0.15) is 4.80 Å². The topological polar surface area (TPSA) is 117 Å². The summed E-state index contributed by atoms with van der Waals surface area (Å²) in [7, 11) is 1.68. The van der Waals surface area contributed by atoms with Crippen molar-refractivity contribution < 1.29 is 0 Å². The molecule has 0 amide bonds. The number of nitrogens with two attached hydrogens (primary N) is 1. The van der Waals surface area contributed by atoms with Gasteiger partial charge in [-0.1, -0.05) is 41.9 Å². The largest absolute Gasteiger partial charge is 0.398 e. The number of rotatable bonds is 5. The van der Waals surface area contributed by atoms with Crippen LogP contribution < -0.4 is 16.6 Å². The van der Waals surface area contributed by atoms with E-state index in [2.05, 4.69) is 25.7 Å². The van der Waals surface area contributed by atoms with Gasteiger partial charge in [0.15, 0.2) is 0 Å². The Morgan fingerprint density at radius 2 is 1.88 bits per heavy atom. The Morgan fingerprint density at radius 3 is 2.62 bits per heavy atom. The molecule has 0 aliphatic rings. The van der Waals surface area contributed by atoms with Crippen molar-refractivity contribution >= 4 is 33.9 Å². The van der Waals surface area contributed by atoms with Gasteiger partial charge in [0.05, 0.1) is 29.1 Å². The number of nitrogens with one attached hydrogen (secondary N) is 1. The second-order valence-electron chi connectivity index (χ2n) is 7.84. The zero-order chi connectivity index (χ0) is 23.8. The Balaban J connectivity index is 1.68. The predicted octanol–water partition coefficient (Wildman–Crippen LogP) is 3.98. The van der Waals surface area contributed by atoms with Crippen LogP contribution in [0, 0.1) is 0 Å². The first-order chi connectivity index (χ1) is 16.4. The molecule has 5 aromatic rings. The Labute approximate surface area is 199 Å². The van der Waals surface area contributed by atoms with Crippen LogP contribution in [-0.2, 0) is 7.05 Å². The van der Waals surface area contributed by atoms with E-state index in [1.807, 2.05) is 55.5 Å². The molecule has 0 unspecified atom stereocenters. The number of hydrogen-bond donors (Lipinski definition) is 2. The number of benzene rings is 2. The quantitative estimate of drug-likeness (QED) is 0.397. The number of anilines is 2. The molecule has 0 fully saturated rings. The molecule has 3 heterocycles. The van der Waals surface area contributed by atoms with Crippen LogP contribution in [0.25, 0.3) is 27.8 Å². The van der Waals surface area contributed by atoms with E-state index >= 15 is 0 Å². The highest BCUT2D eigenvalue weighted by Gasteiger charge is 2.21. The van der Waals surface area contributed by atoms with Gasteiger partial charge >= 0.3 is 0 Å². The molecule has 5 rings (SSSR count). The minimum absolute atomic E-state index is 0.200. The van der Waals surface area contributed by atoms with Crippen LogP contribution in [0.15, 0.2) is 71.7 Å². The maximum Gasteiger partial charge on any atom is 0.264 e. The van der Waals surface area contributed by atoms with E-state index in [9.17, 15) is 4.79 Å². The summed E-state index contributed by atoms with van der Waals surface area (Å²) in [6.45, 7) is 1.95. The zero-order valence-electron chi connectivity index (χ0n) is 18.5. The van der Waals surface area contributed by atoms with Gasteiger partial charge in [0, 0.05) is 23.3 Å². The van der Waals surface area contributed by atoms with Crippen LogP contribution >= 0.6 is 11.6 Å². The molecule has 0 saturated heterocycles. The van der Waals surface area contributed by atoms with E-state index in [1.165, 1.54) is 4.80 Å². The standard InChI is InChI=1S/C24H21ClN8O/c1-14(28-22-21(18(26)11-12-27-22)23-29-31-32(2)30-23)19-13-15-7-6-10-17(25)20(15)24(34)33(19)16-8-4-3-5-9-16/h3-14H,1-2H3,(H3,26,27,28)/t14-/m0/s1. The SMILES string of the molecule is C[C@H](Nc1nccc(N)c1-c1nnn(C)n1)c1cc2cccc(Cl)c2c(=O)n1-c1ccccc1. The highest BCUT2D eigenvalue weighted by atomic mass is 35.5. The van der Waals surface area contributed by atoms with Crippen molar-refractivity contribution in [1.82, 2.24) is 29.8 Å². The average Bonchev–Trinajstić information content (AvgIpc) is 3.25. The normalized spacial score (nSPS) is 12.1. The molecule has 9 nitrogen and oxygen atoms in total. The van der Waals surface area contributed by atoms with E-state index in [1.54, 1.807) is 29.9 Å². The Kier molecular flexibility index (Phi) is 5.46. The third-order valence-electron chi connectivity index (χ3n) is 5.55. The summed E-state index contributed by atoms with van der Waals surface area (Å²) in [5, 5.41) is 17.3. The van der Waals surface area contributed by atoms with E-state index in [0.717, 1.165) is 16.8 Å². The fourth-order valence-electron chi connectivity index (χ4n) is 3.99. The zero-order valence-corrected chi connectivity index (χ0v) is 19.2. The number of nitrogens with zero attached hydrogens (tertiary/aromatic N) is 6. The lowest BCUT2D eigenvalue weighted by Crippen LogP contribution is -2.26. The molecule has 10 heteroatoms. The highest BCUT2D eigenvalue weighted by molar-refractivity contribution is 6.35. The lowest BCUT2D eigenvalue weighted by Gasteiger charge is -2.22. The molecular weight excluding hydrogens is 452 g/mol. The first-order valence-electron chi connectivity index (χ1n) is 10.6. The number of halogens is 1. The van der Waals surface area contributed by atoms with Gasteiger partial charge in [-0.25, -0.2) is 4.98 Å². The van der Waals surface area contributed by atoms with E-state index in [0.29, 0.717) is 33.3 Å². The fraction of sp³-hybridized carbons (Fsp3) is 0.125. The second kappa shape index (κ2) is 8.60. The van der Waals surface area contributed by atoms with Gasteiger partial charge in [-0.15, -0.1) is 10.2 Å². The van der Waals surface area contributed by atoms with Gasteiger partial charge in [0.2, 0.25) is 5.82 Å². The Hall–Kier alpha value is -4.24. The molecule has 2 aromatic carbocycles. The van der Waals surface area contributed by atoms with E-state index in [4.69, 9.17) is 17.3 Å². The highest BCUT2D eigenvalue weighted by Crippen LogP contribution is 2.32. The summed E-state index contributed by atoms with van der Waals surface area (Å²) in [5.74, 6) is 0.840. The van der Waals surface area contributed by atoms with Gasteiger partial charge < -0.3 is 11.1 Å². The van der Waals surface area contributed by atoms with E-state index in [-0.39, 0.29) is 11.6 Å². The summed E-state index contributed by atoms with van der Waals surface area (Å²) in [4.78, 5) is 19.5. The Bertz CT molecular complexity index is 1560. The van der Waals surface area contributed by atoms with Gasteiger partial charge in [-0.3, -0.25) is 9.36 Å². The number of fused-ring (bicyclic) bond motifs is 1. The fourth-order valence-corrected chi connectivity index (χ4v) is 4.25. The number of tetrazole rings is 1. The number of aromatic nitrogens is 6. The van der Waals surface area contributed by atoms with Gasteiger partial charge in [0.1, 0.15) is 5.82 Å². The summed E-state index contributed by atoms with van der Waals surface area (Å²) in [5.41, 5.74) is 8.51. The smallest absolute Gasteiger partial charge is 0.264 e. The summed E-state index contributed by atoms with van der Waals surface area (Å²) in [6, 6.07) is 18.2. The molecule has 0 aliphatic carbocycles. The Morgan fingerprint density at radius 1 is 1.09 bits per heavy atom. The lowest BCUT2D eigenvalue weighted by atomic mass is 10.1. The van der Waals surface area contributed by atoms with Crippen molar-refractivity contribution in [2.75, 3.05) is 11.1 Å². The van der Waals surface area contributed by atoms with Crippen molar-refractivity contribution in [2.45, 2.75) is 13.0 Å². The lowest BCUT2D eigenvalue weighted by molar-refractivity contribution is 0.630. The molecule has 0 radical (unpaired) electrons. The monoisotopic (exact) mass is 472 g/mol. The molecule has 0 saturated carbocycles. The third kappa shape index (κ3) is 3.75. The van der Waals surface area contributed by atoms with Crippen molar-refractivity contribution in [3.8, 4) is 17.1 Å². The van der Waals surface area contributed by atoms with Crippen LogP contribution in [0.1, 0.15) is 18.7 Å². The molecule has 170 valence electrons. The minimum atomic E-state index is -0.346. The minimum Gasteiger partial charge on any atom is -0.398 e. The number of aryl methyl sites for hydroxylation is 1. The summed E-state index contributed by atoms with van der Waals surface area (Å²) < 4.78 is 1.67. The van der Waals surface area contributed by atoms with Crippen LogP contribution in [0.3, 0.4) is 0 Å². The maximum atomic E-state index is 13.7. The van der Waals surface area contributed by atoms with Crippen molar-refractivity contribution in [3.05, 3.63) is 87.9 Å². The number of para-hydroxylation sites is 1. The summed E-state index contributed by atoms with van der Waals surface area (Å²) in [6.07, 6.45) is 1.61. The van der Waals surface area contributed by atoms with Crippen LogP contribution in [0.2, 0.25) is 5.02 Å². The van der Waals surface area contributed by atoms with Crippen LogP contribution in [0.4, 0.5) is 11.5 Å². The number of hydrogen-bond acceptors (Lipinski definition) is 7. The second-order valence-corrected chi connectivity index (χ2v) is 8.25. The third-order valence-corrected chi connectivity index (χ3v) is 5.87. The molecule has 34 heavy (non-hydrogen) atoms. The van der Waals surface area contributed by atoms with Gasteiger partial charge in [0.25, 0.3) is 5.56 Å². The first kappa shape index (κ1) is 21.6. The molecule has 0 aliphatic heterocycles. The maximum absolute atomic E-state index is 13.7. The van der Waals surface area contributed by atoms with E-state index < -0.39 is 0 Å². The molecule has 0 bridgehead atoms. The van der Waals surface area contributed by atoms with Gasteiger partial charge in [-0.05, 0) is 47.9 Å². The van der Waals surface area contributed by atoms with Crippen molar-refractivity contribution in [3.63, 3.8) is 0 Å². The molecular formula is C24H21ClN8O. The molecule has 3 aromatic heterocycles. The first-order valence-corrected chi connectivity index (χ1v) is 11.0. The molecule has 3 N–H and O–H groups in total. The molecule has 1 atom stereocenters. The van der Waals surface area contributed by atoms with Crippen molar-refractivity contribution in [2.24, 2.45) is 7.05 Å². The predicted molar refractivity (Wildman–Crippen MR) is 133 cm³/mol. The number of pyridine rings is 2. The van der Waals surface area contributed by atoms with Crippen LogP contribution in [0.5, 0.6) is 0 Å². The summed E-state index contributed by atoms with van der Waals surface area (Å²) >= 11 is 6.42. The molecule has 0 spiro atoms. The van der Waals surface area contributed by atoms with Crippen molar-refractivity contribution in [1.29, 1.82) is 0 Å².